The third-order valence-electron chi connectivity index (χ3n) is 5.23. The number of halogens is 1. The molecular formula is C23H32IN5O3. The fourth-order valence-electron chi connectivity index (χ4n) is 3.55. The Hall–Kier alpha value is -2.69. The monoisotopic (exact) mass is 553 g/mol. The zero-order chi connectivity index (χ0) is 22.2. The van der Waals surface area contributed by atoms with Gasteiger partial charge in [0.25, 0.3) is 0 Å². The molecule has 0 aromatic heterocycles. The topological polar surface area (TPSA) is 101 Å². The minimum atomic E-state index is -0.426. The van der Waals surface area contributed by atoms with Gasteiger partial charge in [-0.1, -0.05) is 12.1 Å². The number of carbonyl (C=O) groups is 1. The minimum absolute atomic E-state index is 0. The predicted molar refractivity (Wildman–Crippen MR) is 138 cm³/mol. The molecule has 2 aromatic rings. The second kappa shape index (κ2) is 12.4. The number of rotatable bonds is 8. The number of benzene rings is 2. The van der Waals surface area contributed by atoms with E-state index in [0.29, 0.717) is 12.1 Å². The van der Waals surface area contributed by atoms with E-state index in [9.17, 15) is 4.79 Å². The summed E-state index contributed by atoms with van der Waals surface area (Å²) >= 11 is 0. The van der Waals surface area contributed by atoms with Crippen molar-refractivity contribution in [2.24, 2.45) is 10.7 Å². The second-order valence-electron chi connectivity index (χ2n) is 7.40. The maximum absolute atomic E-state index is 11.2. The van der Waals surface area contributed by atoms with Crippen LogP contribution in [0.5, 0.6) is 11.5 Å². The van der Waals surface area contributed by atoms with Crippen LogP contribution in [0.4, 0.5) is 5.69 Å². The summed E-state index contributed by atoms with van der Waals surface area (Å²) in [6.07, 6.45) is 0.997. The second-order valence-corrected chi connectivity index (χ2v) is 7.40. The number of primary amides is 1. The highest BCUT2D eigenvalue weighted by molar-refractivity contribution is 14.0. The van der Waals surface area contributed by atoms with Crippen molar-refractivity contribution >= 4 is 41.5 Å². The molecule has 1 atom stereocenters. The third kappa shape index (κ3) is 6.91. The summed E-state index contributed by atoms with van der Waals surface area (Å²) in [6.45, 7) is 5.12. The first-order chi connectivity index (χ1) is 15.0. The largest absolute Gasteiger partial charge is 0.497 e. The Morgan fingerprint density at radius 1 is 1.16 bits per heavy atom. The molecule has 4 N–H and O–H groups in total. The molecule has 174 valence electrons. The molecule has 1 heterocycles. The van der Waals surface area contributed by atoms with Crippen LogP contribution in [-0.2, 0) is 6.54 Å². The molecule has 3 rings (SSSR count). The number of nitrogens with zero attached hydrogens (tertiary/aromatic N) is 2. The summed E-state index contributed by atoms with van der Waals surface area (Å²) in [5, 5.41) is 6.84. The number of hydrogen-bond donors (Lipinski definition) is 3. The molecular weight excluding hydrogens is 521 g/mol. The van der Waals surface area contributed by atoms with Crippen LogP contribution in [0, 0.1) is 0 Å². The van der Waals surface area contributed by atoms with Gasteiger partial charge in [0.2, 0.25) is 5.91 Å². The maximum atomic E-state index is 11.2. The average molecular weight is 553 g/mol. The molecule has 1 saturated heterocycles. The van der Waals surface area contributed by atoms with Gasteiger partial charge in [-0.3, -0.25) is 4.79 Å². The Balaban J connectivity index is 0.00000363. The lowest BCUT2D eigenvalue weighted by atomic mass is 10.1. The number of anilines is 1. The van der Waals surface area contributed by atoms with Crippen LogP contribution in [-0.4, -0.2) is 51.8 Å². The van der Waals surface area contributed by atoms with E-state index >= 15 is 0 Å². The van der Waals surface area contributed by atoms with Gasteiger partial charge in [-0.05, 0) is 31.0 Å². The number of methoxy groups -OCH3 is 2. The first kappa shape index (κ1) is 25.6. The van der Waals surface area contributed by atoms with Crippen molar-refractivity contribution in [3.05, 3.63) is 53.6 Å². The fraction of sp³-hybridized carbons (Fsp3) is 0.391. The Morgan fingerprint density at radius 2 is 1.81 bits per heavy atom. The van der Waals surface area contributed by atoms with Crippen LogP contribution in [0.3, 0.4) is 0 Å². The van der Waals surface area contributed by atoms with Crippen molar-refractivity contribution in [3.8, 4) is 11.5 Å². The van der Waals surface area contributed by atoms with Crippen LogP contribution >= 0.6 is 24.0 Å². The van der Waals surface area contributed by atoms with Gasteiger partial charge in [0, 0.05) is 55.1 Å². The van der Waals surface area contributed by atoms with Gasteiger partial charge in [0.1, 0.15) is 11.5 Å². The van der Waals surface area contributed by atoms with Gasteiger partial charge < -0.3 is 30.7 Å². The first-order valence-electron chi connectivity index (χ1n) is 10.4. The van der Waals surface area contributed by atoms with E-state index in [1.54, 1.807) is 26.4 Å². The normalized spacial score (nSPS) is 15.7. The lowest BCUT2D eigenvalue weighted by Crippen LogP contribution is -2.44. The van der Waals surface area contributed by atoms with Crippen molar-refractivity contribution in [2.45, 2.75) is 25.9 Å². The Kier molecular flexibility index (Phi) is 9.89. The van der Waals surface area contributed by atoms with E-state index in [1.807, 2.05) is 37.3 Å². The highest BCUT2D eigenvalue weighted by atomic mass is 127. The van der Waals surface area contributed by atoms with Crippen molar-refractivity contribution in [2.75, 3.05) is 38.8 Å². The van der Waals surface area contributed by atoms with Crippen molar-refractivity contribution < 1.29 is 14.3 Å². The van der Waals surface area contributed by atoms with Gasteiger partial charge in [0.15, 0.2) is 5.96 Å². The molecule has 1 aliphatic heterocycles. The van der Waals surface area contributed by atoms with E-state index in [-0.39, 0.29) is 30.0 Å². The number of aliphatic imine (C=N–C) groups is 1. The molecule has 1 unspecified atom stereocenters. The van der Waals surface area contributed by atoms with E-state index in [1.165, 1.54) is 0 Å². The van der Waals surface area contributed by atoms with E-state index in [4.69, 9.17) is 20.2 Å². The number of nitrogens with one attached hydrogen (secondary N) is 2. The molecule has 9 heteroatoms. The van der Waals surface area contributed by atoms with Gasteiger partial charge >= 0.3 is 0 Å². The number of carbonyl (C=O) groups excluding carboxylic acids is 1. The van der Waals surface area contributed by atoms with Crippen LogP contribution in [0.15, 0.2) is 47.5 Å². The molecule has 0 saturated carbocycles. The number of hydrogen-bond acceptors (Lipinski definition) is 5. The summed E-state index contributed by atoms with van der Waals surface area (Å²) in [5.74, 6) is 1.91. The Morgan fingerprint density at radius 3 is 2.38 bits per heavy atom. The van der Waals surface area contributed by atoms with Crippen LogP contribution < -0.4 is 30.7 Å². The Labute approximate surface area is 206 Å². The summed E-state index contributed by atoms with van der Waals surface area (Å²) in [7, 11) is 3.32. The van der Waals surface area contributed by atoms with Crippen LogP contribution in [0.1, 0.15) is 29.3 Å². The van der Waals surface area contributed by atoms with Gasteiger partial charge in [-0.25, -0.2) is 4.99 Å². The molecule has 1 fully saturated rings. The van der Waals surface area contributed by atoms with Crippen molar-refractivity contribution in [1.82, 2.24) is 10.6 Å². The zero-order valence-corrected chi connectivity index (χ0v) is 21.1. The highest BCUT2D eigenvalue weighted by Gasteiger charge is 2.24. The summed E-state index contributed by atoms with van der Waals surface area (Å²) in [4.78, 5) is 18.2. The minimum Gasteiger partial charge on any atom is -0.497 e. The van der Waals surface area contributed by atoms with E-state index in [2.05, 4.69) is 15.5 Å². The summed E-state index contributed by atoms with van der Waals surface area (Å²) in [5.41, 5.74) is 7.89. The molecule has 32 heavy (non-hydrogen) atoms. The SMILES string of the molecule is CCNC(=NCc1ccc(C(N)=O)cc1)NC1CCN(c2cc(OC)cc(OC)c2)C1.I. The molecule has 1 aliphatic rings. The highest BCUT2D eigenvalue weighted by Crippen LogP contribution is 2.30. The summed E-state index contributed by atoms with van der Waals surface area (Å²) < 4.78 is 10.8. The number of amides is 1. The molecule has 8 nitrogen and oxygen atoms in total. The maximum Gasteiger partial charge on any atom is 0.248 e. The van der Waals surface area contributed by atoms with Gasteiger partial charge in [-0.2, -0.15) is 0 Å². The lowest BCUT2D eigenvalue weighted by Gasteiger charge is -2.21. The van der Waals surface area contributed by atoms with Crippen LogP contribution in [0.2, 0.25) is 0 Å². The summed E-state index contributed by atoms with van der Waals surface area (Å²) in [6, 6.07) is 13.4. The number of guanidine groups is 1. The third-order valence-corrected chi connectivity index (χ3v) is 5.23. The fourth-order valence-corrected chi connectivity index (χ4v) is 3.55. The predicted octanol–water partition coefficient (Wildman–Crippen LogP) is 2.75. The number of nitrogens with two attached hydrogens (primary N) is 1. The molecule has 0 aliphatic carbocycles. The number of ether oxygens (including phenoxy) is 2. The van der Waals surface area contributed by atoms with Crippen molar-refractivity contribution in [3.63, 3.8) is 0 Å². The molecule has 0 radical (unpaired) electrons. The smallest absolute Gasteiger partial charge is 0.248 e. The molecule has 0 bridgehead atoms. The quantitative estimate of drug-likeness (QED) is 0.264. The molecule has 2 aromatic carbocycles. The van der Waals surface area contributed by atoms with E-state index in [0.717, 1.165) is 54.8 Å². The molecule has 1 amide bonds. The average Bonchev–Trinajstić information content (AvgIpc) is 3.26. The molecule has 0 spiro atoms. The van der Waals surface area contributed by atoms with E-state index < -0.39 is 5.91 Å². The standard InChI is InChI=1S/C23H31N5O3.HI/c1-4-25-23(26-14-16-5-7-17(8-6-16)22(24)29)27-18-9-10-28(15-18)19-11-20(30-2)13-21(12-19)31-3;/h5-8,11-13,18H,4,9-10,14-15H2,1-3H3,(H2,24,29)(H2,25,26,27);1H. The first-order valence-corrected chi connectivity index (χ1v) is 10.4. The van der Waals surface area contributed by atoms with Gasteiger partial charge in [0.05, 0.1) is 20.8 Å². The Bertz CT molecular complexity index is 898. The van der Waals surface area contributed by atoms with Gasteiger partial charge in [-0.15, -0.1) is 24.0 Å². The van der Waals surface area contributed by atoms with Crippen molar-refractivity contribution in [1.29, 1.82) is 0 Å². The van der Waals surface area contributed by atoms with Crippen LogP contribution in [0.25, 0.3) is 0 Å². The zero-order valence-electron chi connectivity index (χ0n) is 18.8. The lowest BCUT2D eigenvalue weighted by molar-refractivity contribution is 0.100.